The number of halogens is 4. The van der Waals surface area contributed by atoms with Gasteiger partial charge < -0.3 is 9.80 Å². The molecule has 1 aliphatic rings. The Balaban J connectivity index is 1.56. The number of rotatable bonds is 2. The number of aryl methyl sites for hydroxylation is 2. The van der Waals surface area contributed by atoms with Gasteiger partial charge in [0.05, 0.1) is 5.69 Å². The summed E-state index contributed by atoms with van der Waals surface area (Å²) in [5.74, 6) is -0.537. The van der Waals surface area contributed by atoms with Gasteiger partial charge in [-0.25, -0.2) is 14.4 Å². The van der Waals surface area contributed by atoms with E-state index < -0.39 is 17.8 Å². The summed E-state index contributed by atoms with van der Waals surface area (Å²) >= 11 is 0. The molecule has 3 aromatic rings. The summed E-state index contributed by atoms with van der Waals surface area (Å²) < 4.78 is 54.2. The molecule has 0 atom stereocenters. The highest BCUT2D eigenvalue weighted by Gasteiger charge is 2.38. The summed E-state index contributed by atoms with van der Waals surface area (Å²) in [5, 5.41) is 10.7. The van der Waals surface area contributed by atoms with Crippen LogP contribution in [0.15, 0.2) is 12.1 Å². The highest BCUT2D eigenvalue weighted by Crippen LogP contribution is 2.28. The Morgan fingerprint density at radius 1 is 0.929 bits per heavy atom. The van der Waals surface area contributed by atoms with Gasteiger partial charge in [-0.2, -0.15) is 17.7 Å². The summed E-state index contributed by atoms with van der Waals surface area (Å²) in [4.78, 5) is 11.8. The van der Waals surface area contributed by atoms with E-state index in [-0.39, 0.29) is 17.2 Å². The zero-order chi connectivity index (χ0) is 20.1. The van der Waals surface area contributed by atoms with Crippen LogP contribution in [0.5, 0.6) is 0 Å². The number of piperazine rings is 1. The van der Waals surface area contributed by atoms with Gasteiger partial charge in [0.15, 0.2) is 17.3 Å². The summed E-state index contributed by atoms with van der Waals surface area (Å²) in [5.41, 5.74) is 0.299. The summed E-state index contributed by atoms with van der Waals surface area (Å²) in [6, 6.07) is 3.03. The van der Waals surface area contributed by atoms with Crippen LogP contribution in [0.4, 0.5) is 29.2 Å². The third-order valence-electron chi connectivity index (χ3n) is 4.52. The van der Waals surface area contributed by atoms with Gasteiger partial charge in [-0.15, -0.1) is 15.3 Å². The van der Waals surface area contributed by atoms with Crippen LogP contribution in [-0.4, -0.2) is 56.0 Å². The fourth-order valence-corrected chi connectivity index (χ4v) is 3.16. The zero-order valence-electron chi connectivity index (χ0n) is 15.1. The number of anilines is 2. The molecule has 0 amide bonds. The third kappa shape index (κ3) is 3.18. The molecule has 3 aromatic heterocycles. The van der Waals surface area contributed by atoms with Gasteiger partial charge in [-0.05, 0) is 26.0 Å². The first kappa shape index (κ1) is 18.3. The van der Waals surface area contributed by atoms with Gasteiger partial charge in [0.1, 0.15) is 11.6 Å². The molecule has 0 aromatic carbocycles. The first-order valence-corrected chi connectivity index (χ1v) is 8.54. The molecule has 1 aliphatic heterocycles. The largest absolute Gasteiger partial charge is 0.453 e. The Hall–Kier alpha value is -3.05. The van der Waals surface area contributed by atoms with E-state index >= 15 is 0 Å². The van der Waals surface area contributed by atoms with Gasteiger partial charge in [0.2, 0.25) is 0 Å². The Labute approximate surface area is 156 Å². The number of fused-ring (bicyclic) bond motifs is 1. The number of nitrogens with zero attached hydrogens (tertiary/aromatic N) is 8. The Morgan fingerprint density at radius 2 is 1.61 bits per heavy atom. The van der Waals surface area contributed by atoms with Crippen molar-refractivity contribution >= 4 is 17.3 Å². The summed E-state index contributed by atoms with van der Waals surface area (Å²) in [7, 11) is 0. The normalized spacial score (nSPS) is 15.5. The van der Waals surface area contributed by atoms with Crippen molar-refractivity contribution in [3.63, 3.8) is 0 Å². The van der Waals surface area contributed by atoms with E-state index in [1.807, 2.05) is 4.90 Å². The van der Waals surface area contributed by atoms with E-state index in [2.05, 4.69) is 25.3 Å². The van der Waals surface area contributed by atoms with Crippen LogP contribution in [0.1, 0.15) is 17.3 Å². The lowest BCUT2D eigenvalue weighted by atomic mass is 10.3. The van der Waals surface area contributed by atoms with Gasteiger partial charge in [0, 0.05) is 26.2 Å². The van der Waals surface area contributed by atoms with Crippen molar-refractivity contribution < 1.29 is 17.6 Å². The number of hydrogen-bond acceptors (Lipinski definition) is 7. The second-order valence-corrected chi connectivity index (χ2v) is 6.45. The lowest BCUT2D eigenvalue weighted by Gasteiger charge is -2.36. The van der Waals surface area contributed by atoms with E-state index in [4.69, 9.17) is 0 Å². The van der Waals surface area contributed by atoms with Crippen molar-refractivity contribution in [2.24, 2.45) is 0 Å². The van der Waals surface area contributed by atoms with Crippen LogP contribution >= 0.6 is 0 Å². The number of hydrogen-bond donors (Lipinski definition) is 0. The molecular weight excluding hydrogens is 380 g/mol. The molecule has 1 fully saturated rings. The lowest BCUT2D eigenvalue weighted by molar-refractivity contribution is -0.146. The lowest BCUT2D eigenvalue weighted by Crippen LogP contribution is -2.47. The first-order chi connectivity index (χ1) is 13.2. The minimum atomic E-state index is -4.65. The van der Waals surface area contributed by atoms with Gasteiger partial charge in [0.25, 0.3) is 5.82 Å². The molecule has 0 radical (unpaired) electrons. The van der Waals surface area contributed by atoms with Crippen LogP contribution in [0, 0.1) is 19.7 Å². The molecule has 12 heteroatoms. The Bertz CT molecular complexity index is 1020. The van der Waals surface area contributed by atoms with E-state index in [1.54, 1.807) is 24.8 Å². The summed E-state index contributed by atoms with van der Waals surface area (Å²) in [6.07, 6.45) is -4.65. The molecule has 0 N–H and O–H groups in total. The molecule has 1 saturated heterocycles. The molecule has 4 heterocycles. The molecule has 0 spiro atoms. The summed E-state index contributed by atoms with van der Waals surface area (Å²) in [6.45, 7) is 5.07. The zero-order valence-corrected chi connectivity index (χ0v) is 15.1. The maximum atomic E-state index is 14.4. The van der Waals surface area contributed by atoms with Crippen LogP contribution < -0.4 is 9.80 Å². The van der Waals surface area contributed by atoms with Crippen molar-refractivity contribution in [1.29, 1.82) is 0 Å². The molecule has 0 saturated carbocycles. The second kappa shape index (κ2) is 6.53. The van der Waals surface area contributed by atoms with Gasteiger partial charge in [-0.1, -0.05) is 0 Å². The SMILES string of the molecule is Cc1nc(C)c(F)c(N2CCN(c3ccc4nnc(C(F)(F)F)n4n3)CC2)n1. The van der Waals surface area contributed by atoms with Crippen LogP contribution in [-0.2, 0) is 6.18 Å². The van der Waals surface area contributed by atoms with Crippen LogP contribution in [0.3, 0.4) is 0 Å². The van der Waals surface area contributed by atoms with Crippen molar-refractivity contribution in [2.75, 3.05) is 36.0 Å². The minimum absolute atomic E-state index is 0.0173. The number of aromatic nitrogens is 6. The van der Waals surface area contributed by atoms with E-state index in [0.29, 0.717) is 42.3 Å². The van der Waals surface area contributed by atoms with Gasteiger partial charge in [-0.3, -0.25) is 0 Å². The van der Waals surface area contributed by atoms with Crippen molar-refractivity contribution in [1.82, 2.24) is 29.8 Å². The quantitative estimate of drug-likeness (QED) is 0.614. The molecule has 148 valence electrons. The standard InChI is InChI=1S/C16H16F4N8/c1-9-13(17)14(22-10(2)21-9)27-7-5-26(6-8-27)12-4-3-11-23-24-15(16(18,19)20)28(11)25-12/h3-4H,5-8H2,1-2H3. The van der Waals surface area contributed by atoms with E-state index in [9.17, 15) is 17.6 Å². The average molecular weight is 396 g/mol. The van der Waals surface area contributed by atoms with Crippen LogP contribution in [0.25, 0.3) is 5.65 Å². The Kier molecular flexibility index (Phi) is 4.27. The predicted octanol–water partition coefficient (Wildman–Crippen LogP) is 2.02. The predicted molar refractivity (Wildman–Crippen MR) is 91.7 cm³/mol. The van der Waals surface area contributed by atoms with Crippen molar-refractivity contribution in [2.45, 2.75) is 20.0 Å². The molecule has 0 bridgehead atoms. The molecule has 0 unspecified atom stereocenters. The monoisotopic (exact) mass is 396 g/mol. The average Bonchev–Trinajstić information content (AvgIpc) is 3.08. The minimum Gasteiger partial charge on any atom is -0.352 e. The maximum Gasteiger partial charge on any atom is 0.453 e. The fraction of sp³-hybridized carbons (Fsp3) is 0.438. The molecule has 0 aliphatic carbocycles. The number of alkyl halides is 3. The molecular formula is C16H16F4N8. The van der Waals surface area contributed by atoms with E-state index in [0.717, 1.165) is 0 Å². The first-order valence-electron chi connectivity index (χ1n) is 8.54. The highest BCUT2D eigenvalue weighted by atomic mass is 19.4. The van der Waals surface area contributed by atoms with Crippen molar-refractivity contribution in [3.05, 3.63) is 35.3 Å². The second-order valence-electron chi connectivity index (χ2n) is 6.45. The Morgan fingerprint density at radius 3 is 2.29 bits per heavy atom. The molecule has 8 nitrogen and oxygen atoms in total. The third-order valence-corrected chi connectivity index (χ3v) is 4.52. The molecule has 4 rings (SSSR count). The van der Waals surface area contributed by atoms with Crippen LogP contribution in [0.2, 0.25) is 0 Å². The van der Waals surface area contributed by atoms with E-state index in [1.165, 1.54) is 6.07 Å². The fourth-order valence-electron chi connectivity index (χ4n) is 3.16. The highest BCUT2D eigenvalue weighted by molar-refractivity contribution is 5.49. The maximum absolute atomic E-state index is 14.4. The molecule has 28 heavy (non-hydrogen) atoms. The van der Waals surface area contributed by atoms with Crippen molar-refractivity contribution in [3.8, 4) is 0 Å². The smallest absolute Gasteiger partial charge is 0.352 e. The van der Waals surface area contributed by atoms with Gasteiger partial charge >= 0.3 is 6.18 Å². The topological polar surface area (TPSA) is 75.3 Å².